The molecule has 2 aliphatic carbocycles. The summed E-state index contributed by atoms with van der Waals surface area (Å²) in [7, 11) is 2.03. The van der Waals surface area contributed by atoms with Gasteiger partial charge >= 0.3 is 5.97 Å². The van der Waals surface area contributed by atoms with Crippen molar-refractivity contribution in [3.8, 4) is 0 Å². The summed E-state index contributed by atoms with van der Waals surface area (Å²) in [6.07, 6.45) is 3.66. The van der Waals surface area contributed by atoms with Crippen molar-refractivity contribution in [2.75, 3.05) is 18.9 Å². The van der Waals surface area contributed by atoms with Crippen molar-refractivity contribution in [2.45, 2.75) is 43.4 Å². The summed E-state index contributed by atoms with van der Waals surface area (Å²) >= 11 is 2.68. The average Bonchev–Trinajstić information content (AvgIpc) is 3.72. The zero-order chi connectivity index (χ0) is 26.0. The van der Waals surface area contributed by atoms with Gasteiger partial charge in [0.15, 0.2) is 0 Å². The number of hydrogen-bond acceptors (Lipinski definition) is 8. The molecule has 0 unspecified atom stereocenters. The first-order chi connectivity index (χ1) is 17.9. The fourth-order valence-electron chi connectivity index (χ4n) is 5.87. The molecule has 0 radical (unpaired) electrons. The molecule has 2 aliphatic rings. The van der Waals surface area contributed by atoms with Crippen LogP contribution in [-0.4, -0.2) is 53.9 Å². The van der Waals surface area contributed by atoms with E-state index < -0.39 is 11.6 Å². The number of aldehydes is 1. The van der Waals surface area contributed by atoms with E-state index in [-0.39, 0.29) is 24.0 Å². The minimum Gasteiger partial charge on any atom is -0.459 e. The Hall–Kier alpha value is -2.85. The molecule has 9 heteroatoms. The van der Waals surface area contributed by atoms with Gasteiger partial charge in [-0.1, -0.05) is 12.1 Å². The molecule has 0 saturated heterocycles. The fourth-order valence-corrected chi connectivity index (χ4v) is 7.58. The van der Waals surface area contributed by atoms with Crippen LogP contribution in [0, 0.1) is 11.8 Å². The van der Waals surface area contributed by atoms with Crippen LogP contribution in [0.2, 0.25) is 0 Å². The number of anilines is 1. The van der Waals surface area contributed by atoms with E-state index >= 15 is 0 Å². The lowest BCUT2D eigenvalue weighted by Gasteiger charge is -2.31. The number of carbonyl (C=O) groups excluding carboxylic acids is 3. The van der Waals surface area contributed by atoms with Crippen LogP contribution in [0.5, 0.6) is 0 Å². The maximum absolute atomic E-state index is 13.5. The third-order valence-electron chi connectivity index (χ3n) is 7.65. The average molecular weight is 539 g/mol. The van der Waals surface area contributed by atoms with Gasteiger partial charge in [0.1, 0.15) is 12.4 Å². The highest BCUT2D eigenvalue weighted by Crippen LogP contribution is 2.49. The highest BCUT2D eigenvalue weighted by atomic mass is 32.1. The summed E-state index contributed by atoms with van der Waals surface area (Å²) in [6, 6.07) is 14.2. The molecule has 1 aromatic carbocycles. The van der Waals surface area contributed by atoms with Gasteiger partial charge < -0.3 is 20.1 Å². The lowest BCUT2D eigenvalue weighted by Crippen LogP contribution is -2.42. The molecule has 2 fully saturated rings. The number of ether oxygens (including phenoxy) is 1. The molecule has 0 spiro atoms. The number of aliphatic hydroxyl groups is 1. The molecular formula is C28H30N2O5S2. The Bertz CT molecular complexity index is 1190. The molecule has 37 heavy (non-hydrogen) atoms. The predicted molar refractivity (Wildman–Crippen MR) is 144 cm³/mol. The highest BCUT2D eigenvalue weighted by molar-refractivity contribution is 7.12. The van der Waals surface area contributed by atoms with E-state index in [1.807, 2.05) is 29.9 Å². The topological polar surface area (TPSA) is 95.9 Å². The summed E-state index contributed by atoms with van der Waals surface area (Å²) < 4.78 is 6.06. The standard InChI is InChI=1S/C28H30N2O5S2/c1-30(13-12-25(32)29-20-9-6-18(17-31)7-10-20)26-19-8-11-21(26)22(16-19)35-27(33)28(34,23-4-2-14-36-23)24-5-3-15-37-24/h2-7,9-10,14-15,17,19,21-22,26,34H,8,11-13,16H2,1H3,(H,29,32)/t19-,21+,22+,26-/m0/s1. The number of benzene rings is 1. The molecule has 2 aromatic heterocycles. The number of nitrogens with zero attached hydrogens (tertiary/aromatic N) is 1. The molecule has 1 amide bonds. The van der Waals surface area contributed by atoms with Gasteiger partial charge in [-0.15, -0.1) is 22.7 Å². The number of rotatable bonds is 10. The first-order valence-electron chi connectivity index (χ1n) is 12.5. The SMILES string of the molecule is CN(CCC(=O)Nc1ccc(C=O)cc1)[C@H]1[C@H]2CC[C@@H]1[C@H](OC(=O)C(O)(c1cccs1)c1cccs1)C2. The van der Waals surface area contributed by atoms with Crippen molar-refractivity contribution in [1.29, 1.82) is 0 Å². The number of hydrogen-bond donors (Lipinski definition) is 2. The Morgan fingerprint density at radius 2 is 1.78 bits per heavy atom. The molecule has 2 N–H and O–H groups in total. The van der Waals surface area contributed by atoms with Gasteiger partial charge in [0, 0.05) is 36.2 Å². The fraction of sp³-hybridized carbons (Fsp3) is 0.393. The van der Waals surface area contributed by atoms with Gasteiger partial charge in [0.05, 0.1) is 9.75 Å². The third-order valence-corrected chi connectivity index (χ3v) is 9.60. The zero-order valence-electron chi connectivity index (χ0n) is 20.5. The molecule has 7 nitrogen and oxygen atoms in total. The molecule has 5 rings (SSSR count). The first kappa shape index (κ1) is 25.8. The molecule has 0 aliphatic heterocycles. The first-order valence-corrected chi connectivity index (χ1v) is 14.2. The largest absolute Gasteiger partial charge is 0.459 e. The van der Waals surface area contributed by atoms with E-state index in [9.17, 15) is 19.5 Å². The summed E-state index contributed by atoms with van der Waals surface area (Å²) in [5, 5.41) is 18.1. The minimum absolute atomic E-state index is 0.0871. The normalized spacial score (nSPS) is 22.8. The molecule has 194 valence electrons. The monoisotopic (exact) mass is 538 g/mol. The molecule has 3 aromatic rings. The summed E-state index contributed by atoms with van der Waals surface area (Å²) in [4.78, 5) is 40.1. The quantitative estimate of drug-likeness (QED) is 0.291. The van der Waals surface area contributed by atoms with Gasteiger partial charge in [0.2, 0.25) is 11.5 Å². The Kier molecular flexibility index (Phi) is 7.57. The van der Waals surface area contributed by atoms with Crippen LogP contribution >= 0.6 is 22.7 Å². The summed E-state index contributed by atoms with van der Waals surface area (Å²) in [6.45, 7) is 0.588. The van der Waals surface area contributed by atoms with Gasteiger partial charge in [-0.25, -0.2) is 4.79 Å². The lowest BCUT2D eigenvalue weighted by molar-refractivity contribution is -0.170. The van der Waals surface area contributed by atoms with Crippen molar-refractivity contribution in [3.63, 3.8) is 0 Å². The number of esters is 1. The second-order valence-corrected chi connectivity index (χ2v) is 11.8. The smallest absolute Gasteiger partial charge is 0.349 e. The molecule has 4 atom stereocenters. The van der Waals surface area contributed by atoms with E-state index in [2.05, 4.69) is 10.2 Å². The second-order valence-electron chi connectivity index (χ2n) is 9.85. The van der Waals surface area contributed by atoms with Gasteiger partial charge in [-0.2, -0.15) is 0 Å². The predicted octanol–water partition coefficient (Wildman–Crippen LogP) is 4.53. The van der Waals surface area contributed by atoms with E-state index in [1.165, 1.54) is 22.7 Å². The summed E-state index contributed by atoms with van der Waals surface area (Å²) in [5.41, 5.74) is -0.572. The maximum atomic E-state index is 13.5. The van der Waals surface area contributed by atoms with Crippen molar-refractivity contribution in [3.05, 3.63) is 74.6 Å². The Morgan fingerprint density at radius 1 is 1.11 bits per heavy atom. The Balaban J connectivity index is 1.20. The lowest BCUT2D eigenvalue weighted by atomic mass is 9.96. The Labute approximate surface area is 224 Å². The number of fused-ring (bicyclic) bond motifs is 2. The second kappa shape index (κ2) is 10.9. The number of carbonyl (C=O) groups is 3. The molecular weight excluding hydrogens is 508 g/mol. The Morgan fingerprint density at radius 3 is 2.38 bits per heavy atom. The van der Waals surface area contributed by atoms with Crippen LogP contribution in [0.1, 0.15) is 45.8 Å². The van der Waals surface area contributed by atoms with Gasteiger partial charge in [-0.05, 0) is 79.4 Å². The van der Waals surface area contributed by atoms with Gasteiger partial charge in [0.25, 0.3) is 0 Å². The number of nitrogens with one attached hydrogen (secondary N) is 1. The van der Waals surface area contributed by atoms with Gasteiger partial charge in [-0.3, -0.25) is 9.59 Å². The number of thiophene rings is 2. The van der Waals surface area contributed by atoms with Crippen LogP contribution < -0.4 is 5.32 Å². The summed E-state index contributed by atoms with van der Waals surface area (Å²) in [5.74, 6) is -0.135. The molecule has 2 heterocycles. The number of amides is 1. The van der Waals surface area contributed by atoms with Crippen molar-refractivity contribution in [1.82, 2.24) is 4.90 Å². The van der Waals surface area contributed by atoms with Crippen LogP contribution in [0.15, 0.2) is 59.3 Å². The highest BCUT2D eigenvalue weighted by Gasteiger charge is 2.53. The van der Waals surface area contributed by atoms with E-state index in [4.69, 9.17) is 4.74 Å². The van der Waals surface area contributed by atoms with Crippen molar-refractivity contribution < 1.29 is 24.2 Å². The maximum Gasteiger partial charge on any atom is 0.349 e. The third kappa shape index (κ3) is 5.13. The van der Waals surface area contributed by atoms with Crippen molar-refractivity contribution >= 4 is 46.5 Å². The van der Waals surface area contributed by atoms with E-state index in [0.29, 0.717) is 39.9 Å². The van der Waals surface area contributed by atoms with Crippen LogP contribution in [-0.2, 0) is 19.9 Å². The van der Waals surface area contributed by atoms with Crippen molar-refractivity contribution in [2.24, 2.45) is 11.8 Å². The van der Waals surface area contributed by atoms with Crippen LogP contribution in [0.3, 0.4) is 0 Å². The molecule has 2 saturated carbocycles. The van der Waals surface area contributed by atoms with E-state index in [0.717, 1.165) is 25.5 Å². The van der Waals surface area contributed by atoms with Crippen LogP contribution in [0.4, 0.5) is 5.69 Å². The molecule has 2 bridgehead atoms. The van der Waals surface area contributed by atoms with Crippen LogP contribution in [0.25, 0.3) is 0 Å². The van der Waals surface area contributed by atoms with E-state index in [1.54, 1.807) is 36.4 Å². The zero-order valence-corrected chi connectivity index (χ0v) is 22.2. The minimum atomic E-state index is -1.80.